The summed E-state index contributed by atoms with van der Waals surface area (Å²) in [6.45, 7) is 5.13. The summed E-state index contributed by atoms with van der Waals surface area (Å²) in [5, 5.41) is 13.2. The molecule has 0 aliphatic carbocycles. The lowest BCUT2D eigenvalue weighted by atomic mass is 9.89. The van der Waals surface area contributed by atoms with Gasteiger partial charge in [0.15, 0.2) is 0 Å². The number of carbonyl (C=O) groups excluding carboxylic acids is 2. The minimum atomic E-state index is -0.621. The number of anilines is 1. The highest BCUT2D eigenvalue weighted by Gasteiger charge is 2.24. The topological polar surface area (TPSA) is 89.3 Å². The number of benzene rings is 1. The zero-order chi connectivity index (χ0) is 15.5. The number of carbonyl (C=O) groups is 2. The van der Waals surface area contributed by atoms with E-state index in [0.29, 0.717) is 0 Å². The number of hydrogen-bond acceptors (Lipinski definition) is 4. The first-order valence-electron chi connectivity index (χ1n) is 5.88. The van der Waals surface area contributed by atoms with Gasteiger partial charge in [0.05, 0.1) is 22.1 Å². The van der Waals surface area contributed by atoms with Crippen molar-refractivity contribution in [2.75, 3.05) is 5.32 Å². The van der Waals surface area contributed by atoms with Gasteiger partial charge < -0.3 is 5.32 Å². The summed E-state index contributed by atoms with van der Waals surface area (Å²) in [6, 6.07) is 3.71. The first-order chi connectivity index (χ1) is 9.11. The maximum Gasteiger partial charge on any atom is 0.271 e. The molecule has 1 rings (SSSR count). The minimum Gasteiger partial charge on any atom is -0.324 e. The number of rotatable bonds is 4. The molecule has 0 aliphatic rings. The Labute approximate surface area is 121 Å². The van der Waals surface area contributed by atoms with Gasteiger partial charge in [-0.05, 0) is 6.07 Å². The third-order valence-electron chi connectivity index (χ3n) is 2.59. The van der Waals surface area contributed by atoms with Crippen LogP contribution in [-0.2, 0) is 9.59 Å². The minimum absolute atomic E-state index is 0.118. The maximum absolute atomic E-state index is 11.7. The van der Waals surface area contributed by atoms with Crippen LogP contribution in [0.5, 0.6) is 0 Å². The molecule has 108 valence electrons. The first-order valence-corrected chi connectivity index (χ1v) is 6.26. The lowest BCUT2D eigenvalue weighted by Gasteiger charge is -2.16. The molecule has 0 atom stereocenters. The van der Waals surface area contributed by atoms with Gasteiger partial charge in [-0.25, -0.2) is 0 Å². The molecule has 6 nitrogen and oxygen atoms in total. The van der Waals surface area contributed by atoms with Crippen molar-refractivity contribution in [2.45, 2.75) is 27.2 Å². The molecule has 1 aromatic carbocycles. The number of nitro benzene ring substituents is 1. The highest BCUT2D eigenvalue weighted by molar-refractivity contribution is 6.33. The number of nitrogens with one attached hydrogen (secondary N) is 1. The van der Waals surface area contributed by atoms with Crippen LogP contribution in [0.15, 0.2) is 18.2 Å². The molecule has 0 aromatic heterocycles. The van der Waals surface area contributed by atoms with E-state index in [2.05, 4.69) is 5.32 Å². The number of non-ortho nitro benzene ring substituents is 1. The summed E-state index contributed by atoms with van der Waals surface area (Å²) in [5.41, 5.74) is -0.691. The molecule has 0 fully saturated rings. The molecule has 0 aliphatic heterocycles. The van der Waals surface area contributed by atoms with Crippen LogP contribution in [0.3, 0.4) is 0 Å². The number of ketones is 1. The van der Waals surface area contributed by atoms with Crippen LogP contribution >= 0.6 is 11.6 Å². The number of amides is 1. The standard InChI is InChI=1S/C13H15ClN2O4/c1-13(2,3)11(17)7-12(18)15-10-6-8(16(19)20)4-5-9(10)14/h4-6H,7H2,1-3H3,(H,15,18). The molecule has 0 saturated heterocycles. The van der Waals surface area contributed by atoms with Crippen LogP contribution in [0.2, 0.25) is 5.02 Å². The highest BCUT2D eigenvalue weighted by atomic mass is 35.5. The summed E-state index contributed by atoms with van der Waals surface area (Å²) in [6.07, 6.45) is -0.303. The van der Waals surface area contributed by atoms with Crippen molar-refractivity contribution in [1.29, 1.82) is 0 Å². The van der Waals surface area contributed by atoms with Crippen molar-refractivity contribution in [1.82, 2.24) is 0 Å². The summed E-state index contributed by atoms with van der Waals surface area (Å²) in [4.78, 5) is 33.5. The van der Waals surface area contributed by atoms with Crippen LogP contribution < -0.4 is 5.32 Å². The Balaban J connectivity index is 2.83. The fourth-order valence-corrected chi connectivity index (χ4v) is 1.49. The predicted octanol–water partition coefficient (Wildman–Crippen LogP) is 3.19. The van der Waals surface area contributed by atoms with Gasteiger partial charge in [-0.3, -0.25) is 19.7 Å². The van der Waals surface area contributed by atoms with E-state index in [-0.39, 0.29) is 28.6 Å². The smallest absolute Gasteiger partial charge is 0.271 e. The van der Waals surface area contributed by atoms with E-state index in [0.717, 1.165) is 6.07 Å². The van der Waals surface area contributed by atoms with Crippen molar-refractivity contribution >= 4 is 34.7 Å². The highest BCUT2D eigenvalue weighted by Crippen LogP contribution is 2.27. The van der Waals surface area contributed by atoms with E-state index in [4.69, 9.17) is 11.6 Å². The number of halogens is 1. The van der Waals surface area contributed by atoms with E-state index < -0.39 is 16.2 Å². The third kappa shape index (κ3) is 4.31. The van der Waals surface area contributed by atoms with E-state index in [9.17, 15) is 19.7 Å². The molecule has 20 heavy (non-hydrogen) atoms. The zero-order valence-electron chi connectivity index (χ0n) is 11.4. The predicted molar refractivity (Wildman–Crippen MR) is 75.8 cm³/mol. The normalized spacial score (nSPS) is 11.0. The summed E-state index contributed by atoms with van der Waals surface area (Å²) < 4.78 is 0. The average Bonchev–Trinajstić information content (AvgIpc) is 2.30. The molecular weight excluding hydrogens is 284 g/mol. The number of Topliss-reactive ketones (excluding diaryl/α,β-unsaturated/α-hetero) is 1. The number of nitrogens with zero attached hydrogens (tertiary/aromatic N) is 1. The third-order valence-corrected chi connectivity index (χ3v) is 2.92. The first kappa shape index (κ1) is 16.1. The van der Waals surface area contributed by atoms with E-state index >= 15 is 0 Å². The van der Waals surface area contributed by atoms with Crippen molar-refractivity contribution in [3.63, 3.8) is 0 Å². The van der Waals surface area contributed by atoms with E-state index in [1.807, 2.05) is 0 Å². The molecule has 0 saturated carbocycles. The Bertz CT molecular complexity index is 564. The van der Waals surface area contributed by atoms with Crippen LogP contribution in [0.4, 0.5) is 11.4 Å². The molecule has 1 N–H and O–H groups in total. The Morgan fingerprint density at radius 1 is 1.35 bits per heavy atom. The van der Waals surface area contributed by atoms with Crippen LogP contribution in [0.1, 0.15) is 27.2 Å². The molecule has 1 amide bonds. The monoisotopic (exact) mass is 298 g/mol. The van der Waals surface area contributed by atoms with Crippen molar-refractivity contribution < 1.29 is 14.5 Å². The Morgan fingerprint density at radius 2 is 1.95 bits per heavy atom. The number of hydrogen-bond donors (Lipinski definition) is 1. The Kier molecular flexibility index (Phi) is 4.83. The molecule has 0 radical (unpaired) electrons. The quantitative estimate of drug-likeness (QED) is 0.525. The molecule has 0 bridgehead atoms. The summed E-state index contributed by atoms with van der Waals surface area (Å²) in [7, 11) is 0. The van der Waals surface area contributed by atoms with Crippen LogP contribution in [-0.4, -0.2) is 16.6 Å². The molecule has 7 heteroatoms. The molecule has 0 unspecified atom stereocenters. The second kappa shape index (κ2) is 6.00. The largest absolute Gasteiger partial charge is 0.324 e. The van der Waals surface area contributed by atoms with E-state index in [1.54, 1.807) is 20.8 Å². The average molecular weight is 299 g/mol. The van der Waals surface area contributed by atoms with Crippen molar-refractivity contribution in [3.05, 3.63) is 33.3 Å². The van der Waals surface area contributed by atoms with Gasteiger partial charge in [0, 0.05) is 17.5 Å². The maximum atomic E-state index is 11.7. The Morgan fingerprint density at radius 3 is 2.45 bits per heavy atom. The van der Waals surface area contributed by atoms with E-state index in [1.165, 1.54) is 12.1 Å². The van der Waals surface area contributed by atoms with Gasteiger partial charge >= 0.3 is 0 Å². The van der Waals surface area contributed by atoms with Crippen molar-refractivity contribution in [3.8, 4) is 0 Å². The fourth-order valence-electron chi connectivity index (χ4n) is 1.33. The summed E-state index contributed by atoms with van der Waals surface area (Å²) in [5.74, 6) is -0.774. The van der Waals surface area contributed by atoms with Gasteiger partial charge in [-0.15, -0.1) is 0 Å². The molecular formula is C13H15ClN2O4. The molecule has 1 aromatic rings. The number of nitro groups is 1. The molecule has 0 spiro atoms. The Hall–Kier alpha value is -1.95. The van der Waals surface area contributed by atoms with Gasteiger partial charge in [0.25, 0.3) is 5.69 Å². The SMILES string of the molecule is CC(C)(C)C(=O)CC(=O)Nc1cc([N+](=O)[O-])ccc1Cl. The fraction of sp³-hybridized carbons (Fsp3) is 0.385. The lowest BCUT2D eigenvalue weighted by molar-refractivity contribution is -0.384. The van der Waals surface area contributed by atoms with Gasteiger partial charge in [-0.2, -0.15) is 0 Å². The lowest BCUT2D eigenvalue weighted by Crippen LogP contribution is -2.26. The second-order valence-electron chi connectivity index (χ2n) is 5.32. The van der Waals surface area contributed by atoms with Gasteiger partial charge in [0.2, 0.25) is 5.91 Å². The van der Waals surface area contributed by atoms with Gasteiger partial charge in [0.1, 0.15) is 5.78 Å². The van der Waals surface area contributed by atoms with Gasteiger partial charge in [-0.1, -0.05) is 32.4 Å². The zero-order valence-corrected chi connectivity index (χ0v) is 12.2. The van der Waals surface area contributed by atoms with Crippen molar-refractivity contribution in [2.24, 2.45) is 5.41 Å². The summed E-state index contributed by atoms with van der Waals surface area (Å²) >= 11 is 5.85. The second-order valence-corrected chi connectivity index (χ2v) is 5.73. The molecule has 0 heterocycles. The van der Waals surface area contributed by atoms with Crippen LogP contribution in [0.25, 0.3) is 0 Å². The van der Waals surface area contributed by atoms with Crippen LogP contribution in [0, 0.1) is 15.5 Å².